The molecule has 0 radical (unpaired) electrons. The van der Waals surface area contributed by atoms with Gasteiger partial charge < -0.3 is 15.5 Å². The SMILES string of the molecule is C[C@@H]1CCCCN1c1nc2c(c(=O)[nH]1)[C@H](C(=O)Nc1ccccc1)CC(=O)N2. The van der Waals surface area contributed by atoms with Crippen molar-refractivity contribution in [2.24, 2.45) is 0 Å². The monoisotopic (exact) mass is 381 g/mol. The van der Waals surface area contributed by atoms with Crippen LogP contribution in [-0.2, 0) is 9.59 Å². The molecule has 2 amide bonds. The number of aromatic amines is 1. The number of carbonyl (C=O) groups is 2. The van der Waals surface area contributed by atoms with Crippen molar-refractivity contribution in [3.63, 3.8) is 0 Å². The van der Waals surface area contributed by atoms with E-state index in [0.717, 1.165) is 25.8 Å². The highest BCUT2D eigenvalue weighted by atomic mass is 16.2. The lowest BCUT2D eigenvalue weighted by molar-refractivity contribution is -0.123. The van der Waals surface area contributed by atoms with Crippen LogP contribution in [0.5, 0.6) is 0 Å². The minimum Gasteiger partial charge on any atom is -0.340 e. The highest BCUT2D eigenvalue weighted by Gasteiger charge is 2.35. The van der Waals surface area contributed by atoms with Crippen LogP contribution >= 0.6 is 0 Å². The van der Waals surface area contributed by atoms with Gasteiger partial charge in [-0.05, 0) is 38.3 Å². The Labute approximate surface area is 162 Å². The number of nitrogens with one attached hydrogen (secondary N) is 3. The molecule has 0 unspecified atom stereocenters. The number of fused-ring (bicyclic) bond motifs is 1. The van der Waals surface area contributed by atoms with Crippen LogP contribution < -0.4 is 21.1 Å². The molecule has 2 aliphatic rings. The largest absolute Gasteiger partial charge is 0.340 e. The molecule has 0 spiro atoms. The quantitative estimate of drug-likeness (QED) is 0.756. The van der Waals surface area contributed by atoms with E-state index in [1.165, 1.54) is 0 Å². The molecular formula is C20H23N5O3. The van der Waals surface area contributed by atoms with E-state index in [9.17, 15) is 14.4 Å². The number of anilines is 3. The highest BCUT2D eigenvalue weighted by molar-refractivity contribution is 6.04. The average molecular weight is 381 g/mol. The predicted octanol–water partition coefficient (Wildman–Crippen LogP) is 2.21. The van der Waals surface area contributed by atoms with Gasteiger partial charge in [-0.2, -0.15) is 4.98 Å². The Kier molecular flexibility index (Phi) is 4.85. The molecule has 0 bridgehead atoms. The van der Waals surface area contributed by atoms with Gasteiger partial charge in [0, 0.05) is 24.7 Å². The first-order valence-electron chi connectivity index (χ1n) is 9.59. The molecule has 0 aliphatic carbocycles. The lowest BCUT2D eigenvalue weighted by Crippen LogP contribution is -2.41. The number of carbonyl (C=O) groups excluding carboxylic acids is 2. The highest BCUT2D eigenvalue weighted by Crippen LogP contribution is 2.31. The number of nitrogens with zero attached hydrogens (tertiary/aromatic N) is 2. The van der Waals surface area contributed by atoms with Crippen molar-refractivity contribution in [2.75, 3.05) is 22.1 Å². The molecule has 3 N–H and O–H groups in total. The van der Waals surface area contributed by atoms with Gasteiger partial charge in [0.1, 0.15) is 5.82 Å². The van der Waals surface area contributed by atoms with Crippen LogP contribution in [0.2, 0.25) is 0 Å². The molecule has 146 valence electrons. The number of para-hydroxylation sites is 1. The van der Waals surface area contributed by atoms with Crippen molar-refractivity contribution >= 4 is 29.3 Å². The fourth-order valence-corrected chi connectivity index (χ4v) is 3.88. The molecule has 4 rings (SSSR count). The molecule has 8 nitrogen and oxygen atoms in total. The molecule has 1 saturated heterocycles. The van der Waals surface area contributed by atoms with Crippen LogP contribution in [0.1, 0.15) is 44.1 Å². The van der Waals surface area contributed by atoms with Crippen molar-refractivity contribution in [1.29, 1.82) is 0 Å². The Morgan fingerprint density at radius 1 is 1.21 bits per heavy atom. The molecule has 1 aromatic heterocycles. The van der Waals surface area contributed by atoms with E-state index in [1.54, 1.807) is 24.3 Å². The van der Waals surface area contributed by atoms with Crippen molar-refractivity contribution < 1.29 is 9.59 Å². The van der Waals surface area contributed by atoms with Crippen LogP contribution in [0, 0.1) is 0 Å². The Balaban J connectivity index is 1.67. The lowest BCUT2D eigenvalue weighted by Gasteiger charge is -2.34. The summed E-state index contributed by atoms with van der Waals surface area (Å²) in [6.07, 6.45) is 3.11. The Bertz CT molecular complexity index is 956. The van der Waals surface area contributed by atoms with Crippen LogP contribution in [0.3, 0.4) is 0 Å². The van der Waals surface area contributed by atoms with Crippen molar-refractivity contribution in [3.05, 3.63) is 46.2 Å². The number of benzene rings is 1. The summed E-state index contributed by atoms with van der Waals surface area (Å²) in [4.78, 5) is 47.2. The molecule has 2 atom stereocenters. The summed E-state index contributed by atoms with van der Waals surface area (Å²) in [5.41, 5.74) is 0.440. The Morgan fingerprint density at radius 3 is 2.75 bits per heavy atom. The summed E-state index contributed by atoms with van der Waals surface area (Å²) >= 11 is 0. The van der Waals surface area contributed by atoms with Crippen LogP contribution in [-0.4, -0.2) is 34.4 Å². The summed E-state index contributed by atoms with van der Waals surface area (Å²) in [5, 5.41) is 5.44. The lowest BCUT2D eigenvalue weighted by atomic mass is 9.92. The summed E-state index contributed by atoms with van der Waals surface area (Å²) in [5.74, 6) is -0.973. The fraction of sp³-hybridized carbons (Fsp3) is 0.400. The number of hydrogen-bond donors (Lipinski definition) is 3. The Hall–Kier alpha value is -3.16. The Morgan fingerprint density at radius 2 is 2.00 bits per heavy atom. The number of piperidine rings is 1. The zero-order valence-electron chi connectivity index (χ0n) is 15.7. The van der Waals surface area contributed by atoms with Crippen molar-refractivity contribution in [2.45, 2.75) is 44.6 Å². The number of rotatable bonds is 3. The van der Waals surface area contributed by atoms with Gasteiger partial charge in [0.15, 0.2) is 0 Å². The van der Waals surface area contributed by atoms with Gasteiger partial charge in [0.2, 0.25) is 17.8 Å². The molecule has 3 heterocycles. The van der Waals surface area contributed by atoms with Crippen molar-refractivity contribution in [3.8, 4) is 0 Å². The average Bonchev–Trinajstić information content (AvgIpc) is 2.68. The zero-order chi connectivity index (χ0) is 19.7. The maximum Gasteiger partial charge on any atom is 0.258 e. The van der Waals surface area contributed by atoms with Gasteiger partial charge in [-0.15, -0.1) is 0 Å². The molecule has 0 saturated carbocycles. The second kappa shape index (κ2) is 7.46. The van der Waals surface area contributed by atoms with Gasteiger partial charge >= 0.3 is 0 Å². The first-order chi connectivity index (χ1) is 13.5. The number of H-pyrrole nitrogens is 1. The molecule has 1 fully saturated rings. The number of hydrogen-bond acceptors (Lipinski definition) is 5. The number of aromatic nitrogens is 2. The van der Waals surface area contributed by atoms with E-state index in [4.69, 9.17) is 0 Å². The molecular weight excluding hydrogens is 358 g/mol. The minimum absolute atomic E-state index is 0.0874. The normalized spacial score (nSPS) is 21.6. The van der Waals surface area contributed by atoms with Gasteiger partial charge in [0.05, 0.1) is 11.5 Å². The van der Waals surface area contributed by atoms with Crippen LogP contribution in [0.4, 0.5) is 17.5 Å². The topological polar surface area (TPSA) is 107 Å². The van der Waals surface area contributed by atoms with Crippen LogP contribution in [0.25, 0.3) is 0 Å². The minimum atomic E-state index is -0.881. The molecule has 8 heteroatoms. The summed E-state index contributed by atoms with van der Waals surface area (Å²) in [7, 11) is 0. The predicted molar refractivity (Wildman–Crippen MR) is 107 cm³/mol. The van der Waals surface area contributed by atoms with Gasteiger partial charge in [0.25, 0.3) is 5.56 Å². The van der Waals surface area contributed by atoms with E-state index in [2.05, 4.69) is 27.5 Å². The smallest absolute Gasteiger partial charge is 0.258 e. The van der Waals surface area contributed by atoms with E-state index in [-0.39, 0.29) is 35.3 Å². The molecule has 2 aliphatic heterocycles. The van der Waals surface area contributed by atoms with E-state index in [0.29, 0.717) is 11.6 Å². The molecule has 2 aromatic rings. The van der Waals surface area contributed by atoms with Crippen LogP contribution in [0.15, 0.2) is 35.1 Å². The zero-order valence-corrected chi connectivity index (χ0v) is 15.7. The van der Waals surface area contributed by atoms with Crippen molar-refractivity contribution in [1.82, 2.24) is 9.97 Å². The summed E-state index contributed by atoms with van der Waals surface area (Å²) < 4.78 is 0. The molecule has 1 aromatic carbocycles. The molecule has 28 heavy (non-hydrogen) atoms. The second-order valence-corrected chi connectivity index (χ2v) is 7.35. The van der Waals surface area contributed by atoms with E-state index >= 15 is 0 Å². The number of amides is 2. The third kappa shape index (κ3) is 3.49. The maximum absolute atomic E-state index is 12.9. The second-order valence-electron chi connectivity index (χ2n) is 7.35. The maximum atomic E-state index is 12.9. The first-order valence-corrected chi connectivity index (χ1v) is 9.59. The third-order valence-corrected chi connectivity index (χ3v) is 5.37. The van der Waals surface area contributed by atoms with Gasteiger partial charge in [-0.3, -0.25) is 19.4 Å². The summed E-state index contributed by atoms with van der Waals surface area (Å²) in [6.45, 7) is 2.89. The first kappa shape index (κ1) is 18.2. The fourth-order valence-electron chi connectivity index (χ4n) is 3.88. The van der Waals surface area contributed by atoms with Gasteiger partial charge in [-0.1, -0.05) is 18.2 Å². The third-order valence-electron chi connectivity index (χ3n) is 5.37. The van der Waals surface area contributed by atoms with E-state index < -0.39 is 11.8 Å². The van der Waals surface area contributed by atoms with Gasteiger partial charge in [-0.25, -0.2) is 0 Å². The van der Waals surface area contributed by atoms with E-state index in [1.807, 2.05) is 11.0 Å². The standard InChI is InChI=1S/C20H23N5O3/c1-12-7-5-6-10-25(12)20-23-17-16(19(28)24-20)14(11-15(26)22-17)18(27)21-13-8-3-2-4-9-13/h2-4,8-9,12,14H,5-7,10-11H2,1H3,(H,21,27)(H2,22,23,24,26,28)/t12-,14-/m1/s1. The summed E-state index contributed by atoms with van der Waals surface area (Å²) in [6, 6.07) is 9.22.